The van der Waals surface area contributed by atoms with Gasteiger partial charge in [-0.1, -0.05) is 24.3 Å². The largest absolute Gasteiger partial charge is 0.493 e. The van der Waals surface area contributed by atoms with Gasteiger partial charge in [0.05, 0.1) is 13.2 Å². The summed E-state index contributed by atoms with van der Waals surface area (Å²) in [6.45, 7) is 11.3. The molecule has 0 saturated carbocycles. The molecule has 0 atom stereocenters. The van der Waals surface area contributed by atoms with Gasteiger partial charge >= 0.3 is 0 Å². The van der Waals surface area contributed by atoms with E-state index in [4.69, 9.17) is 9.47 Å². The van der Waals surface area contributed by atoms with E-state index in [1.54, 1.807) is 7.11 Å². The van der Waals surface area contributed by atoms with E-state index in [2.05, 4.69) is 38.2 Å². The van der Waals surface area contributed by atoms with Crippen LogP contribution in [0, 0.1) is 0 Å². The Balaban J connectivity index is 2.85. The van der Waals surface area contributed by atoms with Crippen molar-refractivity contribution in [2.45, 2.75) is 46.3 Å². The van der Waals surface area contributed by atoms with Gasteiger partial charge in [0.2, 0.25) is 0 Å². The second kappa shape index (κ2) is 7.34. The molecule has 0 amide bonds. The topological polar surface area (TPSA) is 30.5 Å². The smallest absolute Gasteiger partial charge is 0.168 e. The second-order valence-electron chi connectivity index (χ2n) is 6.08. The van der Waals surface area contributed by atoms with Gasteiger partial charge in [-0.2, -0.15) is 0 Å². The maximum Gasteiger partial charge on any atom is 0.168 e. The molecule has 112 valence electrons. The monoisotopic (exact) mass is 277 g/mol. The molecule has 20 heavy (non-hydrogen) atoms. The van der Waals surface area contributed by atoms with Crippen LogP contribution in [0.5, 0.6) is 11.5 Å². The summed E-state index contributed by atoms with van der Waals surface area (Å²) >= 11 is 0. The van der Waals surface area contributed by atoms with E-state index in [0.29, 0.717) is 0 Å². The van der Waals surface area contributed by atoms with Gasteiger partial charge in [-0.25, -0.2) is 0 Å². The fourth-order valence-electron chi connectivity index (χ4n) is 1.74. The van der Waals surface area contributed by atoms with Crippen molar-refractivity contribution in [3.63, 3.8) is 0 Å². The molecule has 0 heterocycles. The number of hydrogen-bond acceptors (Lipinski definition) is 3. The minimum Gasteiger partial charge on any atom is -0.493 e. The highest BCUT2D eigenvalue weighted by Crippen LogP contribution is 2.32. The van der Waals surface area contributed by atoms with Crippen LogP contribution in [0.2, 0.25) is 0 Å². The van der Waals surface area contributed by atoms with Gasteiger partial charge in [-0.15, -0.1) is 0 Å². The first kappa shape index (κ1) is 16.6. The van der Waals surface area contributed by atoms with Crippen molar-refractivity contribution < 1.29 is 9.47 Å². The third-order valence-corrected chi connectivity index (χ3v) is 2.63. The fourth-order valence-corrected chi connectivity index (χ4v) is 1.74. The summed E-state index contributed by atoms with van der Waals surface area (Å²) in [4.78, 5) is 0. The maximum atomic E-state index is 5.87. The van der Waals surface area contributed by atoms with Crippen LogP contribution in [0.25, 0.3) is 6.08 Å². The number of methoxy groups -OCH3 is 1. The Kier molecular flexibility index (Phi) is 6.08. The van der Waals surface area contributed by atoms with Crippen LogP contribution >= 0.6 is 0 Å². The molecule has 0 aliphatic heterocycles. The third kappa shape index (κ3) is 5.66. The van der Waals surface area contributed by atoms with Crippen LogP contribution < -0.4 is 14.8 Å². The fraction of sp³-hybridized carbons (Fsp3) is 0.529. The third-order valence-electron chi connectivity index (χ3n) is 2.63. The Bertz CT molecular complexity index is 445. The Morgan fingerprint density at radius 2 is 1.95 bits per heavy atom. The number of nitrogens with one attached hydrogen (secondary N) is 1. The minimum absolute atomic E-state index is 0.117. The van der Waals surface area contributed by atoms with Crippen molar-refractivity contribution in [3.05, 3.63) is 29.8 Å². The molecule has 1 aromatic rings. The van der Waals surface area contributed by atoms with Crippen LogP contribution in [-0.4, -0.2) is 25.3 Å². The molecule has 0 saturated heterocycles. The first-order valence-corrected chi connectivity index (χ1v) is 7.08. The first-order valence-electron chi connectivity index (χ1n) is 7.08. The van der Waals surface area contributed by atoms with Crippen molar-refractivity contribution >= 4 is 6.08 Å². The molecular formula is C17H27NO2. The summed E-state index contributed by atoms with van der Waals surface area (Å²) in [6.07, 6.45) is 4.29. The molecule has 0 aliphatic rings. The van der Waals surface area contributed by atoms with Crippen molar-refractivity contribution in [1.82, 2.24) is 5.32 Å². The van der Waals surface area contributed by atoms with Gasteiger partial charge in [0, 0.05) is 17.6 Å². The van der Waals surface area contributed by atoms with E-state index in [1.807, 2.05) is 32.0 Å². The first-order chi connectivity index (χ1) is 9.33. The van der Waals surface area contributed by atoms with Crippen molar-refractivity contribution in [2.75, 3.05) is 13.7 Å². The molecule has 0 fully saturated rings. The summed E-state index contributed by atoms with van der Waals surface area (Å²) in [5, 5.41) is 3.42. The van der Waals surface area contributed by atoms with Gasteiger partial charge in [0.25, 0.3) is 0 Å². The standard InChI is InChI=1S/C17H27NO2/c1-13(2)20-16-14(9-7-11-15(16)19-6)10-8-12-18-17(3,4)5/h7-11,13,18H,12H2,1-6H3. The van der Waals surface area contributed by atoms with Crippen LogP contribution in [0.15, 0.2) is 24.3 Å². The number of ether oxygens (including phenoxy) is 2. The summed E-state index contributed by atoms with van der Waals surface area (Å²) in [5.41, 5.74) is 1.16. The van der Waals surface area contributed by atoms with E-state index < -0.39 is 0 Å². The van der Waals surface area contributed by atoms with E-state index in [9.17, 15) is 0 Å². The number of hydrogen-bond donors (Lipinski definition) is 1. The zero-order valence-electron chi connectivity index (χ0n) is 13.5. The summed E-state index contributed by atoms with van der Waals surface area (Å²) < 4.78 is 11.2. The van der Waals surface area contributed by atoms with E-state index in [0.717, 1.165) is 23.6 Å². The number of benzene rings is 1. The molecule has 3 nitrogen and oxygen atoms in total. The lowest BCUT2D eigenvalue weighted by atomic mass is 10.1. The maximum absolute atomic E-state index is 5.87. The SMILES string of the molecule is COc1cccc(C=CCNC(C)(C)C)c1OC(C)C. The van der Waals surface area contributed by atoms with Crippen LogP contribution in [0.3, 0.4) is 0 Å². The minimum atomic E-state index is 0.117. The summed E-state index contributed by atoms with van der Waals surface area (Å²) in [6, 6.07) is 5.93. The van der Waals surface area contributed by atoms with Crippen LogP contribution in [0.1, 0.15) is 40.2 Å². The molecule has 0 radical (unpaired) electrons. The summed E-state index contributed by atoms with van der Waals surface area (Å²) in [5.74, 6) is 1.57. The second-order valence-corrected chi connectivity index (χ2v) is 6.08. The molecule has 0 spiro atoms. The Morgan fingerprint density at radius 1 is 1.25 bits per heavy atom. The normalized spacial score (nSPS) is 12.2. The van der Waals surface area contributed by atoms with Crippen LogP contribution in [0.4, 0.5) is 0 Å². The molecule has 0 bridgehead atoms. The van der Waals surface area contributed by atoms with Crippen molar-refractivity contribution in [2.24, 2.45) is 0 Å². The zero-order chi connectivity index (χ0) is 15.2. The van der Waals surface area contributed by atoms with Crippen molar-refractivity contribution in [3.8, 4) is 11.5 Å². The van der Waals surface area contributed by atoms with Gasteiger partial charge in [-0.3, -0.25) is 0 Å². The molecule has 0 aliphatic carbocycles. The molecule has 1 N–H and O–H groups in total. The average molecular weight is 277 g/mol. The molecule has 1 aromatic carbocycles. The summed E-state index contributed by atoms with van der Waals surface area (Å²) in [7, 11) is 1.66. The number of para-hydroxylation sites is 1. The quantitative estimate of drug-likeness (QED) is 0.856. The molecule has 0 aromatic heterocycles. The Morgan fingerprint density at radius 3 is 2.50 bits per heavy atom. The predicted molar refractivity (Wildman–Crippen MR) is 85.5 cm³/mol. The van der Waals surface area contributed by atoms with E-state index >= 15 is 0 Å². The van der Waals surface area contributed by atoms with Crippen LogP contribution in [-0.2, 0) is 0 Å². The molecule has 3 heteroatoms. The lowest BCUT2D eigenvalue weighted by Crippen LogP contribution is -2.35. The molecule has 1 rings (SSSR count). The van der Waals surface area contributed by atoms with Gasteiger partial charge < -0.3 is 14.8 Å². The Hall–Kier alpha value is -1.48. The highest BCUT2D eigenvalue weighted by atomic mass is 16.5. The van der Waals surface area contributed by atoms with Crippen molar-refractivity contribution in [1.29, 1.82) is 0 Å². The van der Waals surface area contributed by atoms with Gasteiger partial charge in [0.1, 0.15) is 0 Å². The Labute approximate surface area is 123 Å². The highest BCUT2D eigenvalue weighted by molar-refractivity contribution is 5.62. The van der Waals surface area contributed by atoms with Gasteiger partial charge in [0.15, 0.2) is 11.5 Å². The lowest BCUT2D eigenvalue weighted by molar-refractivity contribution is 0.229. The van der Waals surface area contributed by atoms with Gasteiger partial charge in [-0.05, 0) is 40.7 Å². The lowest BCUT2D eigenvalue weighted by Gasteiger charge is -2.19. The highest BCUT2D eigenvalue weighted by Gasteiger charge is 2.10. The molecular weight excluding hydrogens is 250 g/mol. The van der Waals surface area contributed by atoms with E-state index in [-0.39, 0.29) is 11.6 Å². The number of rotatable bonds is 6. The average Bonchev–Trinajstić information content (AvgIpc) is 2.34. The molecule has 0 unspecified atom stereocenters. The zero-order valence-corrected chi connectivity index (χ0v) is 13.5. The predicted octanol–water partition coefficient (Wildman–Crippen LogP) is 3.88. The van der Waals surface area contributed by atoms with E-state index in [1.165, 1.54) is 0 Å².